The smallest absolute Gasteiger partial charge is 0.392 e. The summed E-state index contributed by atoms with van der Waals surface area (Å²) in [4.78, 5) is 0. The normalized spacial score (nSPS) is 11.7. The molecule has 1 nitrogen and oxygen atoms in total. The van der Waals surface area contributed by atoms with Crippen LogP contribution in [0, 0.1) is 0 Å². The summed E-state index contributed by atoms with van der Waals surface area (Å²) in [5, 5.41) is 1.79. The van der Waals surface area contributed by atoms with Crippen LogP contribution in [0.25, 0.3) is 10.8 Å². The van der Waals surface area contributed by atoms with Crippen molar-refractivity contribution in [1.29, 1.82) is 0 Å². The molecule has 0 fully saturated rings. The highest BCUT2D eigenvalue weighted by molar-refractivity contribution is 5.88. The molecule has 17 heavy (non-hydrogen) atoms. The second-order valence-corrected chi connectivity index (χ2v) is 3.69. The Hall–Kier alpha value is -1.71. The van der Waals surface area contributed by atoms with Gasteiger partial charge < -0.3 is 4.74 Å². The molecule has 0 aliphatic carbocycles. The average Bonchev–Trinajstić information content (AvgIpc) is 2.28. The lowest BCUT2D eigenvalue weighted by atomic mass is 10.1. The third-order valence-corrected chi connectivity index (χ3v) is 2.39. The third kappa shape index (κ3) is 3.12. The van der Waals surface area contributed by atoms with Crippen LogP contribution >= 0.6 is 0 Å². The van der Waals surface area contributed by atoms with Gasteiger partial charge in [0.05, 0.1) is 13.0 Å². The van der Waals surface area contributed by atoms with Crippen molar-refractivity contribution >= 4 is 10.8 Å². The third-order valence-electron chi connectivity index (χ3n) is 2.39. The van der Waals surface area contributed by atoms with Crippen LogP contribution in [-0.4, -0.2) is 12.8 Å². The molecule has 0 saturated carbocycles. The van der Waals surface area contributed by atoms with Crippen molar-refractivity contribution in [3.05, 3.63) is 42.5 Å². The number of hydrogen-bond acceptors (Lipinski definition) is 1. The molecule has 0 bridgehead atoms. The first kappa shape index (κ1) is 11.8. The van der Waals surface area contributed by atoms with Crippen molar-refractivity contribution in [2.24, 2.45) is 0 Å². The predicted octanol–water partition coefficient (Wildman–Crippen LogP) is 4.17. The highest BCUT2D eigenvalue weighted by Crippen LogP contribution is 2.26. The second-order valence-electron chi connectivity index (χ2n) is 3.69. The molecule has 4 heteroatoms. The van der Waals surface area contributed by atoms with Crippen molar-refractivity contribution in [2.45, 2.75) is 12.6 Å². The first-order chi connectivity index (χ1) is 8.06. The van der Waals surface area contributed by atoms with Crippen LogP contribution in [0.5, 0.6) is 5.75 Å². The van der Waals surface area contributed by atoms with Crippen LogP contribution in [0.15, 0.2) is 42.5 Å². The molecular formula is C13H11F3O. The SMILES string of the molecule is FC(F)(F)CCOc1cccc2ccccc12. The molecule has 0 atom stereocenters. The maximum absolute atomic E-state index is 12.0. The van der Waals surface area contributed by atoms with Crippen LogP contribution in [0.1, 0.15) is 6.42 Å². The van der Waals surface area contributed by atoms with Crippen molar-refractivity contribution < 1.29 is 17.9 Å². The lowest BCUT2D eigenvalue weighted by Gasteiger charge is -2.10. The standard InChI is InChI=1S/C13H11F3O/c14-13(15,16)8-9-17-12-7-3-5-10-4-1-2-6-11(10)12/h1-7H,8-9H2. The Bertz CT molecular complexity index is 500. The first-order valence-corrected chi connectivity index (χ1v) is 5.23. The van der Waals surface area contributed by atoms with Gasteiger partial charge in [0.1, 0.15) is 5.75 Å². The van der Waals surface area contributed by atoms with E-state index in [9.17, 15) is 13.2 Å². The molecule has 90 valence electrons. The zero-order valence-corrected chi connectivity index (χ0v) is 9.00. The number of alkyl halides is 3. The second kappa shape index (κ2) is 4.65. The lowest BCUT2D eigenvalue weighted by molar-refractivity contribution is -0.139. The van der Waals surface area contributed by atoms with E-state index in [1.165, 1.54) is 0 Å². The van der Waals surface area contributed by atoms with Crippen LogP contribution in [0.3, 0.4) is 0 Å². The molecule has 0 aliphatic rings. The van der Waals surface area contributed by atoms with Gasteiger partial charge in [0.2, 0.25) is 0 Å². The highest BCUT2D eigenvalue weighted by atomic mass is 19.4. The number of rotatable bonds is 3. The summed E-state index contributed by atoms with van der Waals surface area (Å²) in [5.74, 6) is 0.493. The average molecular weight is 240 g/mol. The Labute approximate surface area is 96.8 Å². The molecular weight excluding hydrogens is 229 g/mol. The van der Waals surface area contributed by atoms with Crippen molar-refractivity contribution in [3.8, 4) is 5.75 Å². The van der Waals surface area contributed by atoms with Crippen LogP contribution in [0.2, 0.25) is 0 Å². The zero-order chi connectivity index (χ0) is 12.3. The fraction of sp³-hybridized carbons (Fsp3) is 0.231. The van der Waals surface area contributed by atoms with Gasteiger partial charge in [0, 0.05) is 5.39 Å². The van der Waals surface area contributed by atoms with E-state index < -0.39 is 12.6 Å². The fourth-order valence-electron chi connectivity index (χ4n) is 1.60. The van der Waals surface area contributed by atoms with Gasteiger partial charge >= 0.3 is 6.18 Å². The summed E-state index contributed by atoms with van der Waals surface area (Å²) in [7, 11) is 0. The Morgan fingerprint density at radius 3 is 2.41 bits per heavy atom. The first-order valence-electron chi connectivity index (χ1n) is 5.23. The van der Waals surface area contributed by atoms with Gasteiger partial charge in [0.15, 0.2) is 0 Å². The van der Waals surface area contributed by atoms with Crippen molar-refractivity contribution in [1.82, 2.24) is 0 Å². The van der Waals surface area contributed by atoms with Gasteiger partial charge in [-0.25, -0.2) is 0 Å². The molecule has 0 aromatic heterocycles. The molecule has 2 aromatic carbocycles. The van der Waals surface area contributed by atoms with Crippen LogP contribution in [-0.2, 0) is 0 Å². The fourth-order valence-corrected chi connectivity index (χ4v) is 1.60. The van der Waals surface area contributed by atoms with E-state index in [4.69, 9.17) is 4.74 Å². The van der Waals surface area contributed by atoms with Crippen molar-refractivity contribution in [3.63, 3.8) is 0 Å². The van der Waals surface area contributed by atoms with Crippen molar-refractivity contribution in [2.75, 3.05) is 6.61 Å². The summed E-state index contributed by atoms with van der Waals surface area (Å²) in [6.45, 7) is -0.350. The maximum Gasteiger partial charge on any atom is 0.392 e. The minimum Gasteiger partial charge on any atom is -0.493 e. The van der Waals surface area contributed by atoms with Gasteiger partial charge in [-0.05, 0) is 11.5 Å². The number of hydrogen-bond donors (Lipinski definition) is 0. The summed E-state index contributed by atoms with van der Waals surface area (Å²) < 4.78 is 41.2. The minimum atomic E-state index is -4.18. The molecule has 0 heterocycles. The minimum absolute atomic E-state index is 0.350. The van der Waals surface area contributed by atoms with Crippen LogP contribution < -0.4 is 4.74 Å². The molecule has 0 unspecified atom stereocenters. The van der Waals surface area contributed by atoms with E-state index in [0.29, 0.717) is 5.75 Å². The largest absolute Gasteiger partial charge is 0.493 e. The monoisotopic (exact) mass is 240 g/mol. The summed E-state index contributed by atoms with van der Waals surface area (Å²) in [6, 6.07) is 12.8. The van der Waals surface area contributed by atoms with Gasteiger partial charge in [-0.15, -0.1) is 0 Å². The predicted molar refractivity (Wildman–Crippen MR) is 60.1 cm³/mol. The van der Waals surface area contributed by atoms with E-state index in [2.05, 4.69) is 0 Å². The molecule has 0 N–H and O–H groups in total. The van der Waals surface area contributed by atoms with Gasteiger partial charge in [-0.1, -0.05) is 36.4 Å². The molecule has 0 saturated heterocycles. The van der Waals surface area contributed by atoms with Crippen LogP contribution in [0.4, 0.5) is 13.2 Å². The quantitative estimate of drug-likeness (QED) is 0.782. The summed E-state index contributed by atoms with van der Waals surface area (Å²) in [5.41, 5.74) is 0. The Kier molecular flexibility index (Phi) is 3.22. The van der Waals surface area contributed by atoms with E-state index in [1.807, 2.05) is 30.3 Å². The molecule has 0 radical (unpaired) electrons. The number of fused-ring (bicyclic) bond motifs is 1. The number of ether oxygens (including phenoxy) is 1. The molecule has 0 aliphatic heterocycles. The van der Waals surface area contributed by atoms with E-state index in [-0.39, 0.29) is 6.61 Å². The Morgan fingerprint density at radius 2 is 1.65 bits per heavy atom. The zero-order valence-electron chi connectivity index (χ0n) is 9.00. The maximum atomic E-state index is 12.0. The van der Waals surface area contributed by atoms with Gasteiger partial charge in [0.25, 0.3) is 0 Å². The van der Waals surface area contributed by atoms with E-state index in [1.54, 1.807) is 12.1 Å². The van der Waals surface area contributed by atoms with E-state index in [0.717, 1.165) is 10.8 Å². The number of halogens is 3. The lowest BCUT2D eigenvalue weighted by Crippen LogP contribution is -2.13. The molecule has 0 amide bonds. The van der Waals surface area contributed by atoms with Gasteiger partial charge in [-0.2, -0.15) is 13.2 Å². The van der Waals surface area contributed by atoms with Gasteiger partial charge in [-0.3, -0.25) is 0 Å². The molecule has 2 rings (SSSR count). The highest BCUT2D eigenvalue weighted by Gasteiger charge is 2.26. The summed E-state index contributed by atoms with van der Waals surface area (Å²) in [6.07, 6.45) is -5.11. The topological polar surface area (TPSA) is 9.23 Å². The Morgan fingerprint density at radius 1 is 0.941 bits per heavy atom. The van der Waals surface area contributed by atoms with E-state index >= 15 is 0 Å². The summed E-state index contributed by atoms with van der Waals surface area (Å²) >= 11 is 0. The molecule has 2 aromatic rings. The molecule has 0 spiro atoms. The Balaban J connectivity index is 2.13. The number of benzene rings is 2.